The van der Waals surface area contributed by atoms with Gasteiger partial charge in [-0.1, -0.05) is 0 Å². The minimum absolute atomic E-state index is 0.605. The molecule has 1 aliphatic rings. The molecule has 0 amide bonds. The molecule has 0 spiro atoms. The van der Waals surface area contributed by atoms with Crippen LogP contribution in [0.3, 0.4) is 0 Å². The third-order valence-corrected chi connectivity index (χ3v) is 4.45. The maximum atomic E-state index is 5.63. The predicted molar refractivity (Wildman–Crippen MR) is 70.0 cm³/mol. The van der Waals surface area contributed by atoms with Crippen molar-refractivity contribution < 1.29 is 4.42 Å². The van der Waals surface area contributed by atoms with Crippen molar-refractivity contribution >= 4 is 27.3 Å². The highest BCUT2D eigenvalue weighted by molar-refractivity contribution is 9.10. The molecule has 0 aromatic carbocycles. The van der Waals surface area contributed by atoms with Crippen molar-refractivity contribution in [1.29, 1.82) is 0 Å². The van der Waals surface area contributed by atoms with Crippen molar-refractivity contribution in [2.45, 2.75) is 25.3 Å². The Morgan fingerprint density at radius 2 is 2.35 bits per heavy atom. The molecule has 0 atom stereocenters. The van der Waals surface area contributed by atoms with Crippen molar-refractivity contribution in [2.24, 2.45) is 0 Å². The second-order valence-electron chi connectivity index (χ2n) is 4.08. The van der Waals surface area contributed by atoms with Gasteiger partial charge in [-0.2, -0.15) is 0 Å². The molecule has 17 heavy (non-hydrogen) atoms. The molecule has 6 heteroatoms. The number of aromatic nitrogens is 2. The first-order valence-corrected chi connectivity index (χ1v) is 7.29. The Morgan fingerprint density at radius 1 is 1.47 bits per heavy atom. The Kier molecular flexibility index (Phi) is 3.26. The molecule has 2 aromatic rings. The maximum absolute atomic E-state index is 5.63. The molecule has 90 valence electrons. The Balaban J connectivity index is 1.63. The molecule has 1 N–H and O–H groups in total. The lowest BCUT2D eigenvalue weighted by Crippen LogP contribution is -2.19. The van der Waals surface area contributed by atoms with E-state index in [0.717, 1.165) is 28.4 Å². The molecule has 0 radical (unpaired) electrons. The minimum atomic E-state index is 0.605. The van der Waals surface area contributed by atoms with Crippen LogP contribution in [-0.4, -0.2) is 22.8 Å². The van der Waals surface area contributed by atoms with E-state index in [-0.39, 0.29) is 0 Å². The van der Waals surface area contributed by atoms with Crippen LogP contribution in [0.5, 0.6) is 0 Å². The van der Waals surface area contributed by atoms with E-state index in [0.29, 0.717) is 11.8 Å². The summed E-state index contributed by atoms with van der Waals surface area (Å²) in [5, 5.41) is 13.6. The van der Waals surface area contributed by atoms with Crippen molar-refractivity contribution in [3.63, 3.8) is 0 Å². The molecular weight excluding hydrogens is 302 g/mol. The normalized spacial score (nSPS) is 15.4. The fourth-order valence-electron chi connectivity index (χ4n) is 1.56. The van der Waals surface area contributed by atoms with Crippen LogP contribution in [0.25, 0.3) is 10.8 Å². The van der Waals surface area contributed by atoms with Gasteiger partial charge in [0.2, 0.25) is 5.89 Å². The Morgan fingerprint density at radius 3 is 3.06 bits per heavy atom. The highest BCUT2D eigenvalue weighted by Gasteiger charge is 2.20. The molecule has 0 unspecified atom stereocenters. The van der Waals surface area contributed by atoms with Crippen LogP contribution >= 0.6 is 27.3 Å². The van der Waals surface area contributed by atoms with Crippen molar-refractivity contribution in [3.05, 3.63) is 21.8 Å². The van der Waals surface area contributed by atoms with Crippen LogP contribution in [0.1, 0.15) is 18.7 Å². The zero-order valence-corrected chi connectivity index (χ0v) is 11.6. The van der Waals surface area contributed by atoms with E-state index in [4.69, 9.17) is 4.42 Å². The Labute approximate surface area is 112 Å². The highest BCUT2D eigenvalue weighted by atomic mass is 79.9. The smallest absolute Gasteiger partial charge is 0.258 e. The fourth-order valence-corrected chi connectivity index (χ4v) is 3.02. The van der Waals surface area contributed by atoms with Gasteiger partial charge in [-0.25, -0.2) is 0 Å². The topological polar surface area (TPSA) is 51.0 Å². The third kappa shape index (κ3) is 2.75. The summed E-state index contributed by atoms with van der Waals surface area (Å²) in [6.45, 7) is 0.915. The summed E-state index contributed by atoms with van der Waals surface area (Å²) < 4.78 is 6.64. The molecule has 1 saturated carbocycles. The van der Waals surface area contributed by atoms with Crippen LogP contribution in [-0.2, 0) is 6.42 Å². The Hall–Kier alpha value is -0.720. The predicted octanol–water partition coefficient (Wildman–Crippen LogP) is 2.86. The quantitative estimate of drug-likeness (QED) is 0.922. The minimum Gasteiger partial charge on any atom is -0.420 e. The number of rotatable bonds is 5. The Bertz CT molecular complexity index is 506. The van der Waals surface area contributed by atoms with E-state index in [2.05, 4.69) is 31.4 Å². The van der Waals surface area contributed by atoms with Crippen LogP contribution < -0.4 is 5.32 Å². The largest absolute Gasteiger partial charge is 0.420 e. The van der Waals surface area contributed by atoms with Crippen LogP contribution in [0.4, 0.5) is 0 Å². The number of hydrogen-bond donors (Lipinski definition) is 1. The molecule has 1 aliphatic carbocycles. The highest BCUT2D eigenvalue weighted by Crippen LogP contribution is 2.32. The summed E-state index contributed by atoms with van der Waals surface area (Å²) in [6.07, 6.45) is 3.40. The molecule has 0 aliphatic heterocycles. The van der Waals surface area contributed by atoms with E-state index in [9.17, 15) is 0 Å². The monoisotopic (exact) mass is 313 g/mol. The average Bonchev–Trinajstić information content (AvgIpc) is 2.85. The van der Waals surface area contributed by atoms with E-state index in [1.807, 2.05) is 11.4 Å². The van der Waals surface area contributed by atoms with Gasteiger partial charge in [-0.05, 0) is 40.2 Å². The molecule has 3 rings (SSSR count). The fraction of sp³-hybridized carbons (Fsp3) is 0.455. The van der Waals surface area contributed by atoms with Crippen molar-refractivity contribution in [1.82, 2.24) is 15.5 Å². The molecule has 2 heterocycles. The molecular formula is C11H12BrN3OS. The van der Waals surface area contributed by atoms with Gasteiger partial charge in [0.1, 0.15) is 4.88 Å². The zero-order valence-electron chi connectivity index (χ0n) is 9.15. The van der Waals surface area contributed by atoms with Gasteiger partial charge in [0.15, 0.2) is 0 Å². The molecule has 0 bridgehead atoms. The van der Waals surface area contributed by atoms with Gasteiger partial charge in [-0.15, -0.1) is 21.5 Å². The lowest BCUT2D eigenvalue weighted by molar-refractivity contribution is 0.494. The third-order valence-electron chi connectivity index (χ3n) is 2.63. The summed E-state index contributed by atoms with van der Waals surface area (Å²) in [5.74, 6) is 1.31. The van der Waals surface area contributed by atoms with E-state index < -0.39 is 0 Å². The van der Waals surface area contributed by atoms with Gasteiger partial charge in [-0.3, -0.25) is 0 Å². The van der Waals surface area contributed by atoms with E-state index in [1.54, 1.807) is 11.3 Å². The number of halogens is 1. The number of thiophene rings is 1. The standard InChI is InChI=1S/C11H12BrN3OS/c12-8-4-6-17-10(8)11-15-14-9(16-11)3-5-13-7-1-2-7/h4,6-7,13H,1-3,5H2. The van der Waals surface area contributed by atoms with Gasteiger partial charge in [0, 0.05) is 23.5 Å². The summed E-state index contributed by atoms with van der Waals surface area (Å²) in [4.78, 5) is 0.999. The number of hydrogen-bond acceptors (Lipinski definition) is 5. The first-order chi connectivity index (χ1) is 8.33. The summed E-state index contributed by atoms with van der Waals surface area (Å²) >= 11 is 5.06. The molecule has 2 aromatic heterocycles. The SMILES string of the molecule is Brc1ccsc1-c1nnc(CCNC2CC2)o1. The number of nitrogens with one attached hydrogen (secondary N) is 1. The second kappa shape index (κ2) is 4.88. The van der Waals surface area contributed by atoms with Gasteiger partial charge in [0.05, 0.1) is 0 Å². The lowest BCUT2D eigenvalue weighted by Gasteiger charge is -1.97. The summed E-state index contributed by atoms with van der Waals surface area (Å²) in [6, 6.07) is 2.71. The van der Waals surface area contributed by atoms with E-state index in [1.165, 1.54) is 12.8 Å². The van der Waals surface area contributed by atoms with Gasteiger partial charge < -0.3 is 9.73 Å². The van der Waals surface area contributed by atoms with Gasteiger partial charge in [0.25, 0.3) is 5.89 Å². The van der Waals surface area contributed by atoms with Crippen molar-refractivity contribution in [2.75, 3.05) is 6.54 Å². The lowest BCUT2D eigenvalue weighted by atomic mass is 10.4. The molecule has 1 fully saturated rings. The average molecular weight is 314 g/mol. The number of nitrogens with zero attached hydrogens (tertiary/aromatic N) is 2. The first-order valence-electron chi connectivity index (χ1n) is 5.62. The summed E-state index contributed by atoms with van der Waals surface area (Å²) in [7, 11) is 0. The molecule has 4 nitrogen and oxygen atoms in total. The van der Waals surface area contributed by atoms with E-state index >= 15 is 0 Å². The molecule has 0 saturated heterocycles. The first kappa shape index (κ1) is 11.4. The zero-order chi connectivity index (χ0) is 11.7. The van der Waals surface area contributed by atoms with Gasteiger partial charge >= 0.3 is 0 Å². The maximum Gasteiger partial charge on any atom is 0.258 e. The van der Waals surface area contributed by atoms with Crippen LogP contribution in [0.2, 0.25) is 0 Å². The summed E-state index contributed by atoms with van der Waals surface area (Å²) in [5.41, 5.74) is 0. The van der Waals surface area contributed by atoms with Crippen LogP contribution in [0, 0.1) is 0 Å². The second-order valence-corrected chi connectivity index (χ2v) is 5.85. The van der Waals surface area contributed by atoms with Crippen LogP contribution in [0.15, 0.2) is 20.3 Å². The van der Waals surface area contributed by atoms with Crippen molar-refractivity contribution in [3.8, 4) is 10.8 Å².